The molecule has 0 aliphatic carbocycles. The normalized spacial score (nSPS) is 11.0. The van der Waals surface area contributed by atoms with Crippen LogP contribution in [0.4, 0.5) is 5.69 Å². The molecule has 0 amide bonds. The lowest BCUT2D eigenvalue weighted by Crippen LogP contribution is -2.35. The molecule has 5 heteroatoms. The number of carbonyl (C=O) groups excluding carboxylic acids is 1. The van der Waals surface area contributed by atoms with Gasteiger partial charge in [0.05, 0.1) is 12.2 Å². The van der Waals surface area contributed by atoms with Crippen LogP contribution in [-0.2, 0) is 16.1 Å². The quantitative estimate of drug-likeness (QED) is 0.505. The van der Waals surface area contributed by atoms with E-state index in [0.29, 0.717) is 13.2 Å². The van der Waals surface area contributed by atoms with Crippen molar-refractivity contribution < 1.29 is 14.3 Å². The lowest BCUT2D eigenvalue weighted by atomic mass is 10.1. The maximum Gasteiger partial charge on any atom is 0.303 e. The largest absolute Gasteiger partial charge is 0.487 e. The Kier molecular flexibility index (Phi) is 6.48. The van der Waals surface area contributed by atoms with Gasteiger partial charge in [0, 0.05) is 10.5 Å². The predicted molar refractivity (Wildman–Crippen MR) is 104 cm³/mol. The highest BCUT2D eigenvalue weighted by Gasteiger charge is 2.21. The van der Waals surface area contributed by atoms with Crippen LogP contribution in [0.15, 0.2) is 48.5 Å². The smallest absolute Gasteiger partial charge is 0.303 e. The van der Waals surface area contributed by atoms with Gasteiger partial charge in [-0.3, -0.25) is 4.79 Å². The van der Waals surface area contributed by atoms with E-state index in [2.05, 4.69) is 27.9 Å². The molecule has 4 nitrogen and oxygen atoms in total. The first-order valence-corrected chi connectivity index (χ1v) is 8.83. The van der Waals surface area contributed by atoms with Crippen LogP contribution < -0.4 is 10.1 Å². The van der Waals surface area contributed by atoms with E-state index in [4.69, 9.17) is 9.47 Å². The van der Waals surface area contributed by atoms with Crippen molar-refractivity contribution in [3.8, 4) is 5.75 Å². The van der Waals surface area contributed by atoms with Gasteiger partial charge in [-0.15, -0.1) is 0 Å². The van der Waals surface area contributed by atoms with Crippen molar-refractivity contribution >= 4 is 34.2 Å². The van der Waals surface area contributed by atoms with Crippen LogP contribution >= 0.6 is 22.6 Å². The Bertz CT molecular complexity index is 686. The lowest BCUT2D eigenvalue weighted by molar-refractivity contribution is -0.152. The van der Waals surface area contributed by atoms with Crippen molar-refractivity contribution in [1.29, 1.82) is 0 Å². The first-order valence-electron chi connectivity index (χ1n) is 7.75. The van der Waals surface area contributed by atoms with Gasteiger partial charge in [-0.2, -0.15) is 0 Å². The fourth-order valence-corrected chi connectivity index (χ4v) is 2.69. The van der Waals surface area contributed by atoms with Crippen LogP contribution in [0.25, 0.3) is 0 Å². The van der Waals surface area contributed by atoms with Gasteiger partial charge in [0.25, 0.3) is 0 Å². The molecule has 0 spiro atoms. The molecule has 2 aromatic carbocycles. The molecule has 2 aromatic rings. The molecule has 24 heavy (non-hydrogen) atoms. The summed E-state index contributed by atoms with van der Waals surface area (Å²) in [5, 5.41) is 3.32. The summed E-state index contributed by atoms with van der Waals surface area (Å²) >= 11 is 2.26. The fourth-order valence-electron chi connectivity index (χ4n) is 2.23. The number of nitrogens with one attached hydrogen (secondary N) is 1. The molecule has 0 fully saturated rings. The average molecular weight is 439 g/mol. The Morgan fingerprint density at radius 1 is 1.17 bits per heavy atom. The SMILES string of the molecule is CC(=O)OC(C)(C)CNc1ccc(I)cc1OCc1ccccc1. The van der Waals surface area contributed by atoms with Gasteiger partial charge >= 0.3 is 5.97 Å². The van der Waals surface area contributed by atoms with Gasteiger partial charge in [-0.05, 0) is 60.2 Å². The van der Waals surface area contributed by atoms with Crippen molar-refractivity contribution in [3.05, 3.63) is 57.7 Å². The average Bonchev–Trinajstić information content (AvgIpc) is 2.52. The van der Waals surface area contributed by atoms with E-state index >= 15 is 0 Å². The second kappa shape index (κ2) is 8.37. The maximum absolute atomic E-state index is 11.2. The molecule has 0 aliphatic rings. The minimum absolute atomic E-state index is 0.287. The van der Waals surface area contributed by atoms with Gasteiger partial charge < -0.3 is 14.8 Å². The molecule has 0 atom stereocenters. The summed E-state index contributed by atoms with van der Waals surface area (Å²) in [6.45, 7) is 6.16. The number of ether oxygens (including phenoxy) is 2. The van der Waals surface area contributed by atoms with Crippen LogP contribution in [0, 0.1) is 3.57 Å². The number of carbonyl (C=O) groups is 1. The zero-order valence-electron chi connectivity index (χ0n) is 14.1. The number of hydrogen-bond donors (Lipinski definition) is 1. The molecule has 0 radical (unpaired) electrons. The highest BCUT2D eigenvalue weighted by Crippen LogP contribution is 2.28. The van der Waals surface area contributed by atoms with E-state index in [-0.39, 0.29) is 5.97 Å². The predicted octanol–water partition coefficient (Wildman–Crippen LogP) is 4.62. The first kappa shape index (κ1) is 18.6. The highest BCUT2D eigenvalue weighted by molar-refractivity contribution is 14.1. The minimum atomic E-state index is -0.592. The number of anilines is 1. The summed E-state index contributed by atoms with van der Waals surface area (Å²) in [5.74, 6) is 0.495. The monoisotopic (exact) mass is 439 g/mol. The summed E-state index contributed by atoms with van der Waals surface area (Å²) in [6.07, 6.45) is 0. The molecular formula is C19H22INO3. The van der Waals surface area contributed by atoms with E-state index in [1.54, 1.807) is 0 Å². The third kappa shape index (κ3) is 6.03. The molecular weight excluding hydrogens is 417 g/mol. The molecule has 0 heterocycles. The molecule has 128 valence electrons. The van der Waals surface area contributed by atoms with E-state index in [1.165, 1.54) is 6.92 Å². The topological polar surface area (TPSA) is 47.6 Å². The molecule has 0 aliphatic heterocycles. The van der Waals surface area contributed by atoms with Crippen molar-refractivity contribution in [2.24, 2.45) is 0 Å². The summed E-state index contributed by atoms with van der Waals surface area (Å²) in [7, 11) is 0. The summed E-state index contributed by atoms with van der Waals surface area (Å²) < 4.78 is 12.4. The molecule has 0 unspecified atom stereocenters. The van der Waals surface area contributed by atoms with Crippen LogP contribution in [0.1, 0.15) is 26.3 Å². The Hall–Kier alpha value is -1.76. The molecule has 1 N–H and O–H groups in total. The van der Waals surface area contributed by atoms with Gasteiger partial charge in [0.2, 0.25) is 0 Å². The zero-order chi connectivity index (χ0) is 17.6. The van der Waals surface area contributed by atoms with Crippen molar-refractivity contribution in [2.75, 3.05) is 11.9 Å². The Balaban J connectivity index is 2.05. The van der Waals surface area contributed by atoms with E-state index in [1.807, 2.05) is 62.4 Å². The number of hydrogen-bond acceptors (Lipinski definition) is 4. The molecule has 2 rings (SSSR count). The number of halogens is 1. The van der Waals surface area contributed by atoms with E-state index in [0.717, 1.165) is 20.6 Å². The van der Waals surface area contributed by atoms with E-state index in [9.17, 15) is 4.79 Å². The molecule has 0 aromatic heterocycles. The second-order valence-electron chi connectivity index (χ2n) is 6.12. The molecule has 0 saturated heterocycles. The molecule has 0 bridgehead atoms. The number of benzene rings is 2. The van der Waals surface area contributed by atoms with Crippen LogP contribution in [0.5, 0.6) is 5.75 Å². The van der Waals surface area contributed by atoms with Crippen LogP contribution in [0.2, 0.25) is 0 Å². The highest BCUT2D eigenvalue weighted by atomic mass is 127. The summed E-state index contributed by atoms with van der Waals surface area (Å²) in [5.41, 5.74) is 1.40. The number of rotatable bonds is 7. The molecule has 0 saturated carbocycles. The number of esters is 1. The first-order chi connectivity index (χ1) is 11.4. The van der Waals surface area contributed by atoms with Gasteiger partial charge in [0.1, 0.15) is 18.0 Å². The third-order valence-corrected chi connectivity index (χ3v) is 3.98. The standard InChI is InChI=1S/C19H22INO3/c1-14(22)24-19(2,3)13-21-17-10-9-16(20)11-18(17)23-12-15-7-5-4-6-8-15/h4-11,21H,12-13H2,1-3H3. The Labute approximate surface area is 156 Å². The van der Waals surface area contributed by atoms with Crippen molar-refractivity contribution in [2.45, 2.75) is 33.0 Å². The van der Waals surface area contributed by atoms with Crippen molar-refractivity contribution in [3.63, 3.8) is 0 Å². The maximum atomic E-state index is 11.2. The van der Waals surface area contributed by atoms with Crippen LogP contribution in [-0.4, -0.2) is 18.1 Å². The third-order valence-electron chi connectivity index (χ3n) is 3.31. The Morgan fingerprint density at radius 2 is 1.88 bits per heavy atom. The van der Waals surface area contributed by atoms with Crippen molar-refractivity contribution in [1.82, 2.24) is 0 Å². The summed E-state index contributed by atoms with van der Waals surface area (Å²) in [4.78, 5) is 11.2. The van der Waals surface area contributed by atoms with E-state index < -0.39 is 5.60 Å². The van der Waals surface area contributed by atoms with Gasteiger partial charge in [-0.1, -0.05) is 30.3 Å². The van der Waals surface area contributed by atoms with Gasteiger partial charge in [0.15, 0.2) is 0 Å². The van der Waals surface area contributed by atoms with Crippen LogP contribution in [0.3, 0.4) is 0 Å². The minimum Gasteiger partial charge on any atom is -0.487 e. The lowest BCUT2D eigenvalue weighted by Gasteiger charge is -2.26. The van der Waals surface area contributed by atoms with Gasteiger partial charge in [-0.25, -0.2) is 0 Å². The second-order valence-corrected chi connectivity index (χ2v) is 7.37. The zero-order valence-corrected chi connectivity index (χ0v) is 16.3. The summed E-state index contributed by atoms with van der Waals surface area (Å²) in [6, 6.07) is 16.0. The Morgan fingerprint density at radius 3 is 2.54 bits per heavy atom. The fraction of sp³-hybridized carbons (Fsp3) is 0.316.